The number of nitrogens with one attached hydrogen (secondary N) is 1. The highest BCUT2D eigenvalue weighted by Gasteiger charge is 2.24. The number of nitrogens with zero attached hydrogens (tertiary/aromatic N) is 2. The van der Waals surface area contributed by atoms with Crippen LogP contribution in [-0.4, -0.2) is 43.7 Å². The van der Waals surface area contributed by atoms with Crippen LogP contribution in [0.1, 0.15) is 35.8 Å². The van der Waals surface area contributed by atoms with Gasteiger partial charge in [-0.2, -0.15) is 0 Å². The van der Waals surface area contributed by atoms with Crippen molar-refractivity contribution in [3.05, 3.63) is 39.8 Å². The van der Waals surface area contributed by atoms with E-state index < -0.39 is 35.7 Å². The second-order valence-corrected chi connectivity index (χ2v) is 5.78. The van der Waals surface area contributed by atoms with Gasteiger partial charge in [-0.05, 0) is 32.4 Å². The van der Waals surface area contributed by atoms with Crippen molar-refractivity contribution in [2.45, 2.75) is 39.3 Å². The van der Waals surface area contributed by atoms with Crippen LogP contribution in [0, 0.1) is 6.92 Å². The third-order valence-electron chi connectivity index (χ3n) is 3.90. The van der Waals surface area contributed by atoms with E-state index in [1.807, 2.05) is 6.92 Å². The highest BCUT2D eigenvalue weighted by atomic mass is 16.4. The fourth-order valence-electron chi connectivity index (χ4n) is 2.52. The molecule has 0 aliphatic rings. The molecule has 0 radical (unpaired) electrons. The van der Waals surface area contributed by atoms with Gasteiger partial charge in [0.05, 0.1) is 5.39 Å². The molecular formula is C17H19N3O6. The Morgan fingerprint density at radius 1 is 1.27 bits per heavy atom. The maximum Gasteiger partial charge on any atom is 0.326 e. The first-order chi connectivity index (χ1) is 12.2. The molecular weight excluding hydrogens is 342 g/mol. The number of aliphatic carboxylic acids is 2. The minimum Gasteiger partial charge on any atom is -0.481 e. The lowest BCUT2D eigenvalue weighted by Crippen LogP contribution is -2.42. The SMILES string of the molecule is CCn1cc(C(=O)N[C@@H](CCC(=O)O)C(=O)O)c(=O)c2ccc(C)nc21. The molecule has 0 aliphatic carbocycles. The molecule has 0 aliphatic heterocycles. The van der Waals surface area contributed by atoms with Crippen molar-refractivity contribution in [1.29, 1.82) is 0 Å². The van der Waals surface area contributed by atoms with Crippen molar-refractivity contribution in [3.8, 4) is 0 Å². The lowest BCUT2D eigenvalue weighted by Gasteiger charge is -2.15. The average molecular weight is 361 g/mol. The highest BCUT2D eigenvalue weighted by molar-refractivity contribution is 5.98. The van der Waals surface area contributed by atoms with Gasteiger partial charge in [-0.15, -0.1) is 0 Å². The van der Waals surface area contributed by atoms with E-state index in [2.05, 4.69) is 10.3 Å². The Labute approximate surface area is 148 Å². The molecule has 0 fully saturated rings. The van der Waals surface area contributed by atoms with Crippen molar-refractivity contribution in [3.63, 3.8) is 0 Å². The smallest absolute Gasteiger partial charge is 0.326 e. The van der Waals surface area contributed by atoms with Crippen LogP contribution in [0.5, 0.6) is 0 Å². The summed E-state index contributed by atoms with van der Waals surface area (Å²) in [5.74, 6) is -3.41. The van der Waals surface area contributed by atoms with E-state index >= 15 is 0 Å². The van der Waals surface area contributed by atoms with E-state index in [9.17, 15) is 19.2 Å². The molecule has 0 bridgehead atoms. The van der Waals surface area contributed by atoms with E-state index in [4.69, 9.17) is 10.2 Å². The Morgan fingerprint density at radius 2 is 1.96 bits per heavy atom. The zero-order valence-corrected chi connectivity index (χ0v) is 14.4. The third kappa shape index (κ3) is 4.05. The quantitative estimate of drug-likeness (QED) is 0.662. The number of aryl methyl sites for hydroxylation is 2. The third-order valence-corrected chi connectivity index (χ3v) is 3.90. The fraction of sp³-hybridized carbons (Fsp3) is 0.353. The molecule has 2 aromatic heterocycles. The number of rotatable bonds is 7. The Bertz CT molecular complexity index is 934. The predicted molar refractivity (Wildman–Crippen MR) is 92.2 cm³/mol. The highest BCUT2D eigenvalue weighted by Crippen LogP contribution is 2.11. The molecule has 0 unspecified atom stereocenters. The van der Waals surface area contributed by atoms with Crippen molar-refractivity contribution in [2.24, 2.45) is 0 Å². The summed E-state index contributed by atoms with van der Waals surface area (Å²) in [7, 11) is 0. The molecule has 9 heteroatoms. The minimum absolute atomic E-state index is 0.216. The molecule has 2 rings (SSSR count). The van der Waals surface area contributed by atoms with Crippen LogP contribution in [0.25, 0.3) is 11.0 Å². The largest absolute Gasteiger partial charge is 0.481 e. The number of aromatic nitrogens is 2. The zero-order chi connectivity index (χ0) is 19.4. The minimum atomic E-state index is -1.40. The molecule has 9 nitrogen and oxygen atoms in total. The van der Waals surface area contributed by atoms with Crippen LogP contribution in [0.15, 0.2) is 23.1 Å². The first-order valence-corrected chi connectivity index (χ1v) is 8.00. The van der Waals surface area contributed by atoms with E-state index in [-0.39, 0.29) is 17.4 Å². The van der Waals surface area contributed by atoms with Crippen LogP contribution in [-0.2, 0) is 16.1 Å². The maximum absolute atomic E-state index is 12.6. The number of carbonyl (C=O) groups excluding carboxylic acids is 1. The molecule has 1 atom stereocenters. The lowest BCUT2D eigenvalue weighted by atomic mass is 10.1. The number of carboxylic acids is 2. The van der Waals surface area contributed by atoms with Gasteiger partial charge in [0.15, 0.2) is 0 Å². The Balaban J connectivity index is 2.42. The molecule has 2 heterocycles. The summed E-state index contributed by atoms with van der Waals surface area (Å²) in [6.45, 7) is 4.06. The van der Waals surface area contributed by atoms with Crippen molar-refractivity contribution >= 4 is 28.9 Å². The summed E-state index contributed by atoms with van der Waals surface area (Å²) in [6.07, 6.45) is 0.632. The number of hydrogen-bond acceptors (Lipinski definition) is 5. The first-order valence-electron chi connectivity index (χ1n) is 8.00. The van der Waals surface area contributed by atoms with Gasteiger partial charge in [0.25, 0.3) is 5.91 Å². The van der Waals surface area contributed by atoms with Gasteiger partial charge in [0.2, 0.25) is 5.43 Å². The standard InChI is InChI=1S/C17H19N3O6/c1-3-20-8-11(14(23)10-5-4-9(2)18-15(10)20)16(24)19-12(17(25)26)6-7-13(21)22/h4-5,8,12H,3,6-7H2,1-2H3,(H,19,24)(H,21,22)(H,25,26)/t12-/m0/s1. The van der Waals surface area contributed by atoms with Crippen molar-refractivity contribution < 1.29 is 24.6 Å². The van der Waals surface area contributed by atoms with Gasteiger partial charge < -0.3 is 20.1 Å². The summed E-state index contributed by atoms with van der Waals surface area (Å²) >= 11 is 0. The number of amides is 1. The van der Waals surface area contributed by atoms with Crippen molar-refractivity contribution in [2.75, 3.05) is 0 Å². The van der Waals surface area contributed by atoms with Gasteiger partial charge in [-0.1, -0.05) is 0 Å². The van der Waals surface area contributed by atoms with Gasteiger partial charge in [-0.25, -0.2) is 9.78 Å². The Morgan fingerprint density at radius 3 is 2.54 bits per heavy atom. The number of fused-ring (bicyclic) bond motifs is 1. The van der Waals surface area contributed by atoms with E-state index in [1.54, 1.807) is 23.6 Å². The first kappa shape index (κ1) is 19.1. The number of pyridine rings is 2. The van der Waals surface area contributed by atoms with Crippen LogP contribution < -0.4 is 10.7 Å². The number of carboxylic acid groups (broad SMARTS) is 2. The normalized spacial score (nSPS) is 11.9. The van der Waals surface area contributed by atoms with E-state index in [1.165, 1.54) is 6.20 Å². The summed E-state index contributed by atoms with van der Waals surface area (Å²) in [5, 5.41) is 20.3. The maximum atomic E-state index is 12.6. The van der Waals surface area contributed by atoms with E-state index in [0.717, 1.165) is 5.69 Å². The van der Waals surface area contributed by atoms with Crippen LogP contribution in [0.3, 0.4) is 0 Å². The second kappa shape index (κ2) is 7.77. The monoisotopic (exact) mass is 361 g/mol. The molecule has 138 valence electrons. The second-order valence-electron chi connectivity index (χ2n) is 5.78. The predicted octanol–water partition coefficient (Wildman–Crippen LogP) is 0.773. The molecule has 26 heavy (non-hydrogen) atoms. The zero-order valence-electron chi connectivity index (χ0n) is 14.4. The van der Waals surface area contributed by atoms with Gasteiger partial charge in [0.1, 0.15) is 17.3 Å². The molecule has 2 aromatic rings. The van der Waals surface area contributed by atoms with Crippen molar-refractivity contribution in [1.82, 2.24) is 14.9 Å². The summed E-state index contributed by atoms with van der Waals surface area (Å²) in [6, 6.07) is 1.82. The van der Waals surface area contributed by atoms with Crippen LogP contribution >= 0.6 is 0 Å². The topological polar surface area (TPSA) is 139 Å². The van der Waals surface area contributed by atoms with Gasteiger partial charge in [-0.3, -0.25) is 14.4 Å². The average Bonchev–Trinajstić information content (AvgIpc) is 2.58. The number of carbonyl (C=O) groups is 3. The number of hydrogen-bond donors (Lipinski definition) is 3. The fourth-order valence-corrected chi connectivity index (χ4v) is 2.52. The van der Waals surface area contributed by atoms with Gasteiger partial charge >= 0.3 is 11.9 Å². The summed E-state index contributed by atoms with van der Waals surface area (Å²) in [4.78, 5) is 51.2. The molecule has 0 aromatic carbocycles. The molecule has 3 N–H and O–H groups in total. The lowest BCUT2D eigenvalue weighted by molar-refractivity contribution is -0.140. The summed E-state index contributed by atoms with van der Waals surface area (Å²) in [5.41, 5.74) is 0.384. The van der Waals surface area contributed by atoms with Crippen LogP contribution in [0.4, 0.5) is 0 Å². The van der Waals surface area contributed by atoms with E-state index in [0.29, 0.717) is 12.2 Å². The Kier molecular flexibility index (Phi) is 5.71. The van der Waals surface area contributed by atoms with Crippen LogP contribution in [0.2, 0.25) is 0 Å². The molecule has 0 saturated carbocycles. The molecule has 1 amide bonds. The molecule has 0 spiro atoms. The Hall–Kier alpha value is -3.23. The summed E-state index contributed by atoms with van der Waals surface area (Å²) < 4.78 is 1.63. The van der Waals surface area contributed by atoms with Gasteiger partial charge in [0, 0.05) is 24.9 Å². The molecule has 0 saturated heterocycles.